The van der Waals surface area contributed by atoms with Crippen LogP contribution < -0.4 is 10.3 Å². The highest BCUT2D eigenvalue weighted by Crippen LogP contribution is 2.23. The lowest BCUT2D eigenvalue weighted by molar-refractivity contribution is -0.122. The number of benzene rings is 2. The third-order valence-electron chi connectivity index (χ3n) is 5.89. The van der Waals surface area contributed by atoms with Gasteiger partial charge in [-0.25, -0.2) is 5.43 Å². The van der Waals surface area contributed by atoms with E-state index >= 15 is 0 Å². The number of aromatic hydroxyl groups is 1. The number of carbonyl (C=O) groups is 1. The molecular weight excluding hydrogens is 402 g/mol. The number of nitrogens with one attached hydrogen (secondary N) is 1. The summed E-state index contributed by atoms with van der Waals surface area (Å²) in [6, 6.07) is 14.2. The van der Waals surface area contributed by atoms with Crippen molar-refractivity contribution in [3.63, 3.8) is 0 Å². The van der Waals surface area contributed by atoms with E-state index in [1.807, 2.05) is 12.1 Å². The number of rotatable bonds is 9. The number of hydrogen-bond donors (Lipinski definition) is 2. The Balaban J connectivity index is 1.41. The third-order valence-corrected chi connectivity index (χ3v) is 5.89. The van der Waals surface area contributed by atoms with Crippen LogP contribution in [0.15, 0.2) is 47.6 Å². The van der Waals surface area contributed by atoms with Crippen molar-refractivity contribution in [2.45, 2.75) is 27.3 Å². The molecule has 32 heavy (non-hydrogen) atoms. The first-order chi connectivity index (χ1) is 15.5. The summed E-state index contributed by atoms with van der Waals surface area (Å²) in [7, 11) is 0. The maximum Gasteiger partial charge on any atom is 0.254 e. The van der Waals surface area contributed by atoms with Crippen molar-refractivity contribution in [1.82, 2.24) is 15.2 Å². The van der Waals surface area contributed by atoms with Crippen LogP contribution in [-0.2, 0) is 11.3 Å². The number of nitrogens with zero attached hydrogens (tertiary/aromatic N) is 4. The van der Waals surface area contributed by atoms with Crippen molar-refractivity contribution in [3.8, 4) is 5.75 Å². The van der Waals surface area contributed by atoms with E-state index in [0.717, 1.165) is 51.5 Å². The first kappa shape index (κ1) is 23.8. The zero-order valence-corrected chi connectivity index (χ0v) is 19.4. The van der Waals surface area contributed by atoms with Crippen molar-refractivity contribution in [2.75, 3.05) is 50.7 Å². The molecular formula is C25H35N5O2. The second kappa shape index (κ2) is 11.6. The van der Waals surface area contributed by atoms with E-state index in [9.17, 15) is 9.90 Å². The fraction of sp³-hybridized carbons (Fsp3) is 0.440. The Hall–Kier alpha value is -2.90. The summed E-state index contributed by atoms with van der Waals surface area (Å²) in [5.41, 5.74) is 6.72. The molecule has 0 atom stereocenters. The van der Waals surface area contributed by atoms with Crippen LogP contribution in [0, 0.1) is 6.92 Å². The third kappa shape index (κ3) is 6.80. The standard InChI is InChI=1S/C25H35N5O2/c1-4-30(5-2)23-11-10-22(24(31)16-23)17-26-27-25(32)19-29-14-12-28(13-15-29)18-21-8-6-20(3)7-9-21/h6-11,16-17,31H,4-5,12-15,18-19H2,1-3H3,(H,27,32)/b26-17-. The van der Waals surface area contributed by atoms with Gasteiger partial charge >= 0.3 is 0 Å². The zero-order chi connectivity index (χ0) is 22.9. The molecule has 1 aliphatic heterocycles. The Morgan fingerprint density at radius 2 is 1.72 bits per heavy atom. The summed E-state index contributed by atoms with van der Waals surface area (Å²) in [4.78, 5) is 19.0. The van der Waals surface area contributed by atoms with Gasteiger partial charge in [-0.3, -0.25) is 14.6 Å². The number of phenolic OH excluding ortho intramolecular Hbond substituents is 1. The second-order valence-electron chi connectivity index (χ2n) is 8.25. The monoisotopic (exact) mass is 437 g/mol. The molecule has 172 valence electrons. The van der Waals surface area contributed by atoms with Crippen LogP contribution in [0.4, 0.5) is 5.69 Å². The Morgan fingerprint density at radius 3 is 2.34 bits per heavy atom. The largest absolute Gasteiger partial charge is 0.507 e. The van der Waals surface area contributed by atoms with Crippen molar-refractivity contribution in [1.29, 1.82) is 0 Å². The number of hydrazone groups is 1. The molecule has 2 aromatic rings. The Bertz CT molecular complexity index is 901. The second-order valence-corrected chi connectivity index (χ2v) is 8.25. The Labute approximate surface area is 191 Å². The first-order valence-corrected chi connectivity index (χ1v) is 11.4. The lowest BCUT2D eigenvalue weighted by Gasteiger charge is -2.34. The van der Waals surface area contributed by atoms with E-state index in [-0.39, 0.29) is 11.7 Å². The van der Waals surface area contributed by atoms with Crippen molar-refractivity contribution in [3.05, 3.63) is 59.2 Å². The topological polar surface area (TPSA) is 71.4 Å². The zero-order valence-electron chi connectivity index (χ0n) is 19.4. The van der Waals surface area contributed by atoms with Gasteiger partial charge in [-0.1, -0.05) is 29.8 Å². The molecule has 7 nitrogen and oxygen atoms in total. The van der Waals surface area contributed by atoms with E-state index in [2.05, 4.69) is 70.3 Å². The van der Waals surface area contributed by atoms with Crippen LogP contribution in [0.1, 0.15) is 30.5 Å². The number of amides is 1. The lowest BCUT2D eigenvalue weighted by atomic mass is 10.1. The number of aryl methyl sites for hydroxylation is 1. The van der Waals surface area contributed by atoms with Crippen molar-refractivity contribution in [2.24, 2.45) is 5.10 Å². The molecule has 1 saturated heterocycles. The van der Waals surface area contributed by atoms with E-state index in [0.29, 0.717) is 12.1 Å². The molecule has 1 heterocycles. The molecule has 3 rings (SSSR count). The van der Waals surface area contributed by atoms with Gasteiger partial charge in [0.05, 0.1) is 12.8 Å². The van der Waals surface area contributed by atoms with E-state index in [1.54, 1.807) is 6.07 Å². The maximum atomic E-state index is 12.3. The van der Waals surface area contributed by atoms with Gasteiger partial charge in [0.15, 0.2) is 0 Å². The summed E-state index contributed by atoms with van der Waals surface area (Å²) >= 11 is 0. The van der Waals surface area contributed by atoms with Crippen LogP contribution >= 0.6 is 0 Å². The predicted molar refractivity (Wildman–Crippen MR) is 130 cm³/mol. The molecule has 0 aromatic heterocycles. The Kier molecular flexibility index (Phi) is 8.64. The molecule has 0 unspecified atom stereocenters. The van der Waals surface area contributed by atoms with E-state index in [4.69, 9.17) is 0 Å². The predicted octanol–water partition coefficient (Wildman–Crippen LogP) is 2.81. The smallest absolute Gasteiger partial charge is 0.254 e. The SMILES string of the molecule is CCN(CC)c1ccc(/C=N\NC(=O)CN2CCN(Cc3ccc(C)cc3)CC2)c(O)c1. The van der Waals surface area contributed by atoms with E-state index in [1.165, 1.54) is 17.3 Å². The number of hydrogen-bond acceptors (Lipinski definition) is 6. The number of anilines is 1. The van der Waals surface area contributed by atoms with Gasteiger partial charge in [0.25, 0.3) is 5.91 Å². The molecule has 1 aliphatic rings. The van der Waals surface area contributed by atoms with Gasteiger partial charge in [-0.15, -0.1) is 0 Å². The minimum absolute atomic E-state index is 0.146. The molecule has 1 fully saturated rings. The summed E-state index contributed by atoms with van der Waals surface area (Å²) in [5.74, 6) is 0.00424. The molecule has 0 aliphatic carbocycles. The molecule has 2 aromatic carbocycles. The van der Waals surface area contributed by atoms with Crippen LogP contribution in [0.25, 0.3) is 0 Å². The molecule has 0 radical (unpaired) electrons. The van der Waals surface area contributed by atoms with Gasteiger partial charge in [-0.05, 0) is 38.5 Å². The summed E-state index contributed by atoms with van der Waals surface area (Å²) in [6.07, 6.45) is 1.48. The molecule has 1 amide bonds. The lowest BCUT2D eigenvalue weighted by Crippen LogP contribution is -2.48. The molecule has 7 heteroatoms. The highest BCUT2D eigenvalue weighted by Gasteiger charge is 2.19. The van der Waals surface area contributed by atoms with Gasteiger partial charge in [0.1, 0.15) is 5.75 Å². The molecule has 0 bridgehead atoms. The van der Waals surface area contributed by atoms with Gasteiger partial charge in [0, 0.05) is 63.1 Å². The number of carbonyl (C=O) groups excluding carboxylic acids is 1. The fourth-order valence-corrected chi connectivity index (χ4v) is 3.90. The average Bonchev–Trinajstić information content (AvgIpc) is 2.79. The quantitative estimate of drug-likeness (QED) is 0.466. The van der Waals surface area contributed by atoms with Crippen LogP contribution in [0.5, 0.6) is 5.75 Å². The van der Waals surface area contributed by atoms with Gasteiger partial charge in [-0.2, -0.15) is 5.10 Å². The summed E-state index contributed by atoms with van der Waals surface area (Å²) in [5, 5.41) is 14.3. The Morgan fingerprint density at radius 1 is 1.06 bits per heavy atom. The van der Waals surface area contributed by atoms with E-state index < -0.39 is 0 Å². The first-order valence-electron chi connectivity index (χ1n) is 11.4. The maximum absolute atomic E-state index is 12.3. The minimum atomic E-state index is -0.146. The molecule has 2 N–H and O–H groups in total. The normalized spacial score (nSPS) is 15.2. The van der Waals surface area contributed by atoms with Crippen molar-refractivity contribution < 1.29 is 9.90 Å². The fourth-order valence-electron chi connectivity index (χ4n) is 3.90. The molecule has 0 spiro atoms. The highest BCUT2D eigenvalue weighted by atomic mass is 16.3. The van der Waals surface area contributed by atoms with Crippen molar-refractivity contribution >= 4 is 17.8 Å². The minimum Gasteiger partial charge on any atom is -0.507 e. The highest BCUT2D eigenvalue weighted by molar-refractivity contribution is 5.86. The van der Waals surface area contributed by atoms with Crippen LogP contribution in [-0.4, -0.2) is 72.8 Å². The number of phenols is 1. The average molecular weight is 438 g/mol. The van der Waals surface area contributed by atoms with Crippen LogP contribution in [0.3, 0.4) is 0 Å². The summed E-state index contributed by atoms with van der Waals surface area (Å²) < 4.78 is 0. The number of piperazine rings is 1. The summed E-state index contributed by atoms with van der Waals surface area (Å²) in [6.45, 7) is 12.9. The van der Waals surface area contributed by atoms with Crippen LogP contribution in [0.2, 0.25) is 0 Å². The van der Waals surface area contributed by atoms with Gasteiger partial charge < -0.3 is 10.0 Å². The molecule has 0 saturated carbocycles. The van der Waals surface area contributed by atoms with Gasteiger partial charge in [0.2, 0.25) is 0 Å².